The zero-order chi connectivity index (χ0) is 16.9. The number of methoxy groups -OCH3 is 1. The highest BCUT2D eigenvalue weighted by Crippen LogP contribution is 2.23. The second kappa shape index (κ2) is 7.46. The largest absolute Gasteiger partial charge is 0.497 e. The Balaban J connectivity index is 1.74. The van der Waals surface area contributed by atoms with Gasteiger partial charge in [0.25, 0.3) is 0 Å². The number of carbonyl (C=O) groups excluding carboxylic acids is 1. The Kier molecular flexibility index (Phi) is 5.12. The number of hydrogen-bond donors (Lipinski definition) is 0. The minimum atomic E-state index is -0.0742. The topological polar surface area (TPSA) is 69.9 Å². The van der Waals surface area contributed by atoms with E-state index in [4.69, 9.17) is 16.3 Å². The maximum absolute atomic E-state index is 12.3. The second-order valence-corrected chi connectivity index (χ2v) is 6.11. The number of Topliss-reactive ketones (excluding diaryl/α,β-unsaturated/α-hetero) is 1. The Morgan fingerprint density at radius 2 is 1.96 bits per heavy atom. The summed E-state index contributed by atoms with van der Waals surface area (Å²) in [6, 6.07) is 14.3. The molecule has 3 aromatic rings. The third-order valence-corrected chi connectivity index (χ3v) is 4.51. The minimum absolute atomic E-state index is 0.0742. The normalized spacial score (nSPS) is 10.6. The molecule has 0 fully saturated rings. The van der Waals surface area contributed by atoms with Crippen molar-refractivity contribution in [3.8, 4) is 11.4 Å². The van der Waals surface area contributed by atoms with Crippen molar-refractivity contribution in [2.45, 2.75) is 5.16 Å². The van der Waals surface area contributed by atoms with Crippen molar-refractivity contribution >= 4 is 29.1 Å². The van der Waals surface area contributed by atoms with E-state index >= 15 is 0 Å². The summed E-state index contributed by atoms with van der Waals surface area (Å²) in [5, 5.41) is 12.6. The number of halogens is 1. The van der Waals surface area contributed by atoms with Crippen molar-refractivity contribution in [2.24, 2.45) is 0 Å². The van der Waals surface area contributed by atoms with Crippen LogP contribution < -0.4 is 4.74 Å². The summed E-state index contributed by atoms with van der Waals surface area (Å²) in [6.07, 6.45) is 0. The zero-order valence-corrected chi connectivity index (χ0v) is 14.3. The van der Waals surface area contributed by atoms with Crippen molar-refractivity contribution in [3.63, 3.8) is 0 Å². The predicted octanol–water partition coefficient (Wildman–Crippen LogP) is 3.30. The first-order valence-corrected chi connectivity index (χ1v) is 8.38. The first-order valence-electron chi connectivity index (χ1n) is 7.02. The molecule has 2 aromatic carbocycles. The van der Waals surface area contributed by atoms with Crippen LogP contribution in [0.5, 0.6) is 5.75 Å². The molecule has 1 heterocycles. The van der Waals surface area contributed by atoms with Crippen LogP contribution in [0.2, 0.25) is 5.02 Å². The molecule has 0 bridgehead atoms. The lowest BCUT2D eigenvalue weighted by molar-refractivity contribution is 0.102. The maximum atomic E-state index is 12.3. The SMILES string of the molecule is COc1ccc(-n2nnnc2SCC(=O)c2ccccc2Cl)cc1. The molecule has 0 aliphatic rings. The van der Waals surface area contributed by atoms with Gasteiger partial charge >= 0.3 is 0 Å². The van der Waals surface area contributed by atoms with Gasteiger partial charge in [0.05, 0.1) is 23.6 Å². The third-order valence-electron chi connectivity index (χ3n) is 3.26. The van der Waals surface area contributed by atoms with Crippen LogP contribution in [0.1, 0.15) is 10.4 Å². The number of ketones is 1. The molecule has 3 rings (SSSR count). The fraction of sp³-hybridized carbons (Fsp3) is 0.125. The van der Waals surface area contributed by atoms with E-state index < -0.39 is 0 Å². The highest BCUT2D eigenvalue weighted by Gasteiger charge is 2.14. The van der Waals surface area contributed by atoms with Crippen LogP contribution in [0.25, 0.3) is 5.69 Å². The van der Waals surface area contributed by atoms with Gasteiger partial charge in [-0.1, -0.05) is 35.5 Å². The number of benzene rings is 2. The van der Waals surface area contributed by atoms with Crippen molar-refractivity contribution in [2.75, 3.05) is 12.9 Å². The van der Waals surface area contributed by atoms with Crippen LogP contribution in [0.3, 0.4) is 0 Å². The van der Waals surface area contributed by atoms with E-state index in [0.717, 1.165) is 11.4 Å². The summed E-state index contributed by atoms with van der Waals surface area (Å²) in [4.78, 5) is 12.3. The number of aromatic nitrogens is 4. The highest BCUT2D eigenvalue weighted by molar-refractivity contribution is 7.99. The fourth-order valence-corrected chi connectivity index (χ4v) is 3.06. The number of rotatable bonds is 6. The van der Waals surface area contributed by atoms with E-state index in [0.29, 0.717) is 15.7 Å². The molecule has 0 aliphatic carbocycles. The molecule has 0 spiro atoms. The van der Waals surface area contributed by atoms with Crippen LogP contribution in [0, 0.1) is 0 Å². The summed E-state index contributed by atoms with van der Waals surface area (Å²) in [5.41, 5.74) is 1.28. The van der Waals surface area contributed by atoms with Gasteiger partial charge in [0.1, 0.15) is 5.75 Å². The standard InChI is InChI=1S/C16H13ClN4O2S/c1-23-12-8-6-11(7-9-12)21-16(18-19-20-21)24-10-15(22)13-4-2-3-5-14(13)17/h2-9H,10H2,1H3. The van der Waals surface area contributed by atoms with Gasteiger partial charge in [0.2, 0.25) is 5.16 Å². The Hall–Kier alpha value is -2.38. The molecule has 0 saturated heterocycles. The quantitative estimate of drug-likeness (QED) is 0.496. The van der Waals surface area contributed by atoms with Crippen LogP contribution in [0.15, 0.2) is 53.7 Å². The van der Waals surface area contributed by atoms with Crippen LogP contribution in [0.4, 0.5) is 0 Å². The third kappa shape index (κ3) is 3.58. The van der Waals surface area contributed by atoms with Gasteiger partial charge in [-0.2, -0.15) is 4.68 Å². The lowest BCUT2D eigenvalue weighted by atomic mass is 10.1. The van der Waals surface area contributed by atoms with E-state index in [2.05, 4.69) is 15.5 Å². The van der Waals surface area contributed by atoms with Gasteiger partial charge in [-0.25, -0.2) is 0 Å². The Morgan fingerprint density at radius 3 is 2.67 bits per heavy atom. The molecular formula is C16H13ClN4O2S. The molecule has 1 aromatic heterocycles. The monoisotopic (exact) mass is 360 g/mol. The molecule has 8 heteroatoms. The molecule has 0 radical (unpaired) electrons. The van der Waals surface area contributed by atoms with E-state index in [1.165, 1.54) is 11.8 Å². The second-order valence-electron chi connectivity index (χ2n) is 4.76. The Morgan fingerprint density at radius 1 is 1.21 bits per heavy atom. The summed E-state index contributed by atoms with van der Waals surface area (Å²) >= 11 is 7.31. The van der Waals surface area contributed by atoms with Gasteiger partial charge in [0.15, 0.2) is 5.78 Å². The van der Waals surface area contributed by atoms with Crippen LogP contribution >= 0.6 is 23.4 Å². The Bertz CT molecular complexity index is 851. The molecule has 0 N–H and O–H groups in total. The van der Waals surface area contributed by atoms with E-state index in [9.17, 15) is 4.79 Å². The molecule has 0 unspecified atom stereocenters. The predicted molar refractivity (Wildman–Crippen MR) is 92.2 cm³/mol. The van der Waals surface area contributed by atoms with Gasteiger partial charge in [-0.15, -0.1) is 5.10 Å². The van der Waals surface area contributed by atoms with Crippen molar-refractivity contribution < 1.29 is 9.53 Å². The zero-order valence-electron chi connectivity index (χ0n) is 12.7. The van der Waals surface area contributed by atoms with E-state index in [1.54, 1.807) is 36.1 Å². The van der Waals surface area contributed by atoms with Gasteiger partial charge < -0.3 is 4.74 Å². The Labute approximate surface area is 147 Å². The average molecular weight is 361 g/mol. The summed E-state index contributed by atoms with van der Waals surface area (Å²) < 4.78 is 6.71. The minimum Gasteiger partial charge on any atom is -0.497 e. The van der Waals surface area contributed by atoms with Crippen LogP contribution in [-0.2, 0) is 0 Å². The van der Waals surface area contributed by atoms with Gasteiger partial charge in [-0.05, 0) is 46.8 Å². The smallest absolute Gasteiger partial charge is 0.214 e. The number of carbonyl (C=O) groups is 1. The van der Waals surface area contributed by atoms with E-state index in [1.807, 2.05) is 24.3 Å². The lowest BCUT2D eigenvalue weighted by Gasteiger charge is -2.06. The summed E-state index contributed by atoms with van der Waals surface area (Å²) in [5.74, 6) is 0.866. The van der Waals surface area contributed by atoms with Gasteiger partial charge in [0, 0.05) is 5.56 Å². The molecule has 0 amide bonds. The number of hydrogen-bond acceptors (Lipinski definition) is 6. The number of nitrogens with zero attached hydrogens (tertiary/aromatic N) is 4. The summed E-state index contributed by atoms with van der Waals surface area (Å²) in [7, 11) is 1.60. The first kappa shape index (κ1) is 16.5. The van der Waals surface area contributed by atoms with E-state index in [-0.39, 0.29) is 11.5 Å². The fourth-order valence-electron chi connectivity index (χ4n) is 2.05. The molecule has 0 saturated carbocycles. The van der Waals surface area contributed by atoms with Crippen LogP contribution in [-0.4, -0.2) is 38.9 Å². The molecule has 6 nitrogen and oxygen atoms in total. The average Bonchev–Trinajstić information content (AvgIpc) is 3.08. The van der Waals surface area contributed by atoms with Gasteiger partial charge in [-0.3, -0.25) is 4.79 Å². The van der Waals surface area contributed by atoms with Crippen molar-refractivity contribution in [1.82, 2.24) is 20.2 Å². The molecular weight excluding hydrogens is 348 g/mol. The maximum Gasteiger partial charge on any atom is 0.214 e. The van der Waals surface area contributed by atoms with Crippen molar-refractivity contribution in [1.29, 1.82) is 0 Å². The highest BCUT2D eigenvalue weighted by atomic mass is 35.5. The molecule has 24 heavy (non-hydrogen) atoms. The number of ether oxygens (including phenoxy) is 1. The molecule has 0 atom stereocenters. The molecule has 122 valence electrons. The lowest BCUT2D eigenvalue weighted by Crippen LogP contribution is -2.05. The van der Waals surface area contributed by atoms with Crippen molar-refractivity contribution in [3.05, 3.63) is 59.1 Å². The molecule has 0 aliphatic heterocycles. The number of tetrazole rings is 1. The first-order chi connectivity index (χ1) is 11.7. The number of thioether (sulfide) groups is 1. The summed E-state index contributed by atoms with van der Waals surface area (Å²) in [6.45, 7) is 0.